The molecule has 0 bridgehead atoms. The molecule has 1 fully saturated rings. The van der Waals surface area contributed by atoms with Gasteiger partial charge in [0, 0.05) is 36.0 Å². The van der Waals surface area contributed by atoms with Crippen molar-refractivity contribution in [1.29, 1.82) is 0 Å². The van der Waals surface area contributed by atoms with Gasteiger partial charge in [0.1, 0.15) is 0 Å². The number of carbonyl (C=O) groups is 1. The Morgan fingerprint density at radius 3 is 2.80 bits per heavy atom. The first-order valence-corrected chi connectivity index (χ1v) is 8.66. The van der Waals surface area contributed by atoms with Crippen LogP contribution in [0.25, 0.3) is 22.4 Å². The molecule has 1 amide bonds. The maximum atomic E-state index is 10.8. The molecule has 0 aliphatic carbocycles. The Morgan fingerprint density at radius 2 is 2.08 bits per heavy atom. The van der Waals surface area contributed by atoms with Gasteiger partial charge in [0.25, 0.3) is 5.89 Å². The first-order valence-electron chi connectivity index (χ1n) is 8.66. The van der Waals surface area contributed by atoms with Crippen molar-refractivity contribution < 1.29 is 9.32 Å². The first-order chi connectivity index (χ1) is 12.2. The summed E-state index contributed by atoms with van der Waals surface area (Å²) in [5.74, 6) is 1.52. The molecule has 0 unspecified atom stereocenters. The molecule has 0 radical (unpaired) electrons. The minimum atomic E-state index is 0.249. The predicted molar refractivity (Wildman–Crippen MR) is 93.0 cm³/mol. The van der Waals surface area contributed by atoms with Crippen LogP contribution >= 0.6 is 0 Å². The van der Waals surface area contributed by atoms with Crippen molar-refractivity contribution >= 4 is 17.3 Å². The lowest BCUT2D eigenvalue weighted by Crippen LogP contribution is -2.31. The van der Waals surface area contributed by atoms with Crippen molar-refractivity contribution in [3.63, 3.8) is 0 Å². The fourth-order valence-corrected chi connectivity index (χ4v) is 3.36. The summed E-state index contributed by atoms with van der Waals surface area (Å²) < 4.78 is 7.50. The minimum Gasteiger partial charge on any atom is -0.345 e. The SMILES string of the molecule is CC(C)n1ncc2ccc(-c3nc(C4CCN(C=O)CC4)no3)cc21. The minimum absolute atomic E-state index is 0.249. The normalized spacial score (nSPS) is 16.0. The van der Waals surface area contributed by atoms with Gasteiger partial charge in [0.15, 0.2) is 5.82 Å². The standard InChI is InChI=1S/C18H21N5O2/c1-12(2)23-16-9-14(3-4-15(16)10-19-23)18-20-17(21-25-18)13-5-7-22(11-24)8-6-13/h3-4,9-13H,5-8H2,1-2H3. The summed E-state index contributed by atoms with van der Waals surface area (Å²) in [4.78, 5) is 17.2. The summed E-state index contributed by atoms with van der Waals surface area (Å²) in [5.41, 5.74) is 1.96. The second kappa shape index (κ2) is 6.31. The molecule has 1 aliphatic heterocycles. The molecule has 3 heterocycles. The average Bonchev–Trinajstić information content (AvgIpc) is 3.28. The number of fused-ring (bicyclic) bond motifs is 1. The topological polar surface area (TPSA) is 77.1 Å². The molecule has 7 nitrogen and oxygen atoms in total. The van der Waals surface area contributed by atoms with Gasteiger partial charge in [-0.1, -0.05) is 11.2 Å². The van der Waals surface area contributed by atoms with E-state index in [0.717, 1.165) is 54.6 Å². The van der Waals surface area contributed by atoms with Crippen LogP contribution in [-0.2, 0) is 4.79 Å². The van der Waals surface area contributed by atoms with Gasteiger partial charge < -0.3 is 9.42 Å². The number of piperidine rings is 1. The van der Waals surface area contributed by atoms with Crippen LogP contribution in [0.4, 0.5) is 0 Å². The zero-order valence-corrected chi connectivity index (χ0v) is 14.4. The fraction of sp³-hybridized carbons (Fsp3) is 0.444. The molecule has 25 heavy (non-hydrogen) atoms. The van der Waals surface area contributed by atoms with Gasteiger partial charge in [0.05, 0.1) is 11.7 Å². The Morgan fingerprint density at radius 1 is 1.28 bits per heavy atom. The van der Waals surface area contributed by atoms with E-state index in [2.05, 4.69) is 35.2 Å². The number of nitrogens with zero attached hydrogens (tertiary/aromatic N) is 5. The van der Waals surface area contributed by atoms with E-state index in [1.165, 1.54) is 0 Å². The third-order valence-electron chi connectivity index (χ3n) is 4.82. The first kappa shape index (κ1) is 15.8. The van der Waals surface area contributed by atoms with Crippen LogP contribution in [0.1, 0.15) is 44.5 Å². The molecular weight excluding hydrogens is 318 g/mol. The van der Waals surface area contributed by atoms with Crippen LogP contribution in [0.5, 0.6) is 0 Å². The van der Waals surface area contributed by atoms with Gasteiger partial charge >= 0.3 is 0 Å². The number of hydrogen-bond acceptors (Lipinski definition) is 5. The lowest BCUT2D eigenvalue weighted by molar-refractivity contribution is -0.119. The number of aromatic nitrogens is 4. The van der Waals surface area contributed by atoms with Crippen molar-refractivity contribution in [3.05, 3.63) is 30.2 Å². The second-order valence-corrected chi connectivity index (χ2v) is 6.83. The van der Waals surface area contributed by atoms with Crippen molar-refractivity contribution in [3.8, 4) is 11.5 Å². The molecule has 0 spiro atoms. The lowest BCUT2D eigenvalue weighted by Gasteiger charge is -2.27. The Labute approximate surface area is 145 Å². The highest BCUT2D eigenvalue weighted by atomic mass is 16.5. The molecule has 130 valence electrons. The van der Waals surface area contributed by atoms with Crippen LogP contribution in [0.15, 0.2) is 28.9 Å². The van der Waals surface area contributed by atoms with E-state index in [4.69, 9.17) is 4.52 Å². The molecule has 0 atom stereocenters. The molecule has 0 saturated carbocycles. The number of likely N-dealkylation sites (tertiary alicyclic amines) is 1. The largest absolute Gasteiger partial charge is 0.345 e. The van der Waals surface area contributed by atoms with Gasteiger partial charge in [-0.15, -0.1) is 0 Å². The summed E-state index contributed by atoms with van der Waals surface area (Å²) in [6.07, 6.45) is 4.53. The zero-order valence-electron chi connectivity index (χ0n) is 14.4. The summed E-state index contributed by atoms with van der Waals surface area (Å²) in [5, 5.41) is 9.71. The van der Waals surface area contributed by atoms with E-state index < -0.39 is 0 Å². The number of carbonyl (C=O) groups excluding carboxylic acids is 1. The van der Waals surface area contributed by atoms with Crippen molar-refractivity contribution in [1.82, 2.24) is 24.8 Å². The molecule has 7 heteroatoms. The van der Waals surface area contributed by atoms with Gasteiger partial charge in [-0.05, 0) is 38.8 Å². The Hall–Kier alpha value is -2.70. The predicted octanol–water partition coefficient (Wildman–Crippen LogP) is 3.00. The monoisotopic (exact) mass is 339 g/mol. The molecule has 4 rings (SSSR count). The number of amides is 1. The van der Waals surface area contributed by atoms with Crippen molar-refractivity contribution in [2.24, 2.45) is 0 Å². The third kappa shape index (κ3) is 2.90. The molecule has 2 aromatic heterocycles. The molecular formula is C18H21N5O2. The number of hydrogen-bond donors (Lipinski definition) is 0. The summed E-state index contributed by atoms with van der Waals surface area (Å²) >= 11 is 0. The lowest BCUT2D eigenvalue weighted by atomic mass is 9.96. The van der Waals surface area contributed by atoms with Crippen LogP contribution in [0.2, 0.25) is 0 Å². The van der Waals surface area contributed by atoms with Gasteiger partial charge in [0.2, 0.25) is 6.41 Å². The van der Waals surface area contributed by atoms with E-state index in [-0.39, 0.29) is 12.0 Å². The smallest absolute Gasteiger partial charge is 0.258 e. The maximum Gasteiger partial charge on any atom is 0.258 e. The van der Waals surface area contributed by atoms with E-state index in [0.29, 0.717) is 5.89 Å². The molecule has 1 aromatic carbocycles. The quantitative estimate of drug-likeness (QED) is 0.683. The average molecular weight is 339 g/mol. The van der Waals surface area contributed by atoms with E-state index >= 15 is 0 Å². The molecule has 3 aromatic rings. The molecule has 1 saturated heterocycles. The van der Waals surface area contributed by atoms with Crippen molar-refractivity contribution in [2.45, 2.75) is 38.6 Å². The number of rotatable bonds is 4. The van der Waals surface area contributed by atoms with Gasteiger partial charge in [-0.2, -0.15) is 10.1 Å². The zero-order chi connectivity index (χ0) is 17.4. The highest BCUT2D eigenvalue weighted by Crippen LogP contribution is 2.29. The highest BCUT2D eigenvalue weighted by Gasteiger charge is 2.24. The van der Waals surface area contributed by atoms with E-state index in [1.54, 1.807) is 4.90 Å². The number of benzene rings is 1. The van der Waals surface area contributed by atoms with Crippen molar-refractivity contribution in [2.75, 3.05) is 13.1 Å². The van der Waals surface area contributed by atoms with Crippen LogP contribution in [-0.4, -0.2) is 44.3 Å². The van der Waals surface area contributed by atoms with E-state index in [1.807, 2.05) is 23.0 Å². The van der Waals surface area contributed by atoms with Crippen LogP contribution in [0.3, 0.4) is 0 Å². The van der Waals surface area contributed by atoms with Gasteiger partial charge in [-0.3, -0.25) is 9.48 Å². The van der Waals surface area contributed by atoms with E-state index in [9.17, 15) is 4.79 Å². The fourth-order valence-electron chi connectivity index (χ4n) is 3.36. The van der Waals surface area contributed by atoms with Crippen LogP contribution in [0, 0.1) is 0 Å². The Bertz CT molecular complexity index is 890. The maximum absolute atomic E-state index is 10.8. The Kier molecular flexibility index (Phi) is 3.99. The molecule has 1 aliphatic rings. The summed E-state index contributed by atoms with van der Waals surface area (Å²) in [7, 11) is 0. The summed E-state index contributed by atoms with van der Waals surface area (Å²) in [6, 6.07) is 6.35. The Balaban J connectivity index is 1.60. The molecule has 0 N–H and O–H groups in total. The van der Waals surface area contributed by atoms with Crippen LogP contribution < -0.4 is 0 Å². The summed E-state index contributed by atoms with van der Waals surface area (Å²) in [6.45, 7) is 5.71. The third-order valence-corrected chi connectivity index (χ3v) is 4.82. The highest BCUT2D eigenvalue weighted by molar-refractivity contribution is 5.83. The van der Waals surface area contributed by atoms with Gasteiger partial charge in [-0.25, -0.2) is 0 Å². The second-order valence-electron chi connectivity index (χ2n) is 6.83.